The standard InChI is InChI=1S/C15H12F4N2S/c1-9-3-2-4-11(7-9)20-14(22)21-13-8-10(15(17,18)19)5-6-12(13)16/h2-8H,1H3,(H2,20,21,22). The molecule has 2 nitrogen and oxygen atoms in total. The highest BCUT2D eigenvalue weighted by Gasteiger charge is 2.31. The molecule has 0 aliphatic carbocycles. The molecule has 0 heterocycles. The quantitative estimate of drug-likeness (QED) is 0.602. The van der Waals surface area contributed by atoms with E-state index in [0.717, 1.165) is 11.6 Å². The number of halogens is 4. The van der Waals surface area contributed by atoms with Crippen LogP contribution in [0.25, 0.3) is 0 Å². The van der Waals surface area contributed by atoms with Crippen molar-refractivity contribution in [1.82, 2.24) is 0 Å². The van der Waals surface area contributed by atoms with Crippen molar-refractivity contribution >= 4 is 28.7 Å². The van der Waals surface area contributed by atoms with Crippen molar-refractivity contribution < 1.29 is 17.6 Å². The maximum Gasteiger partial charge on any atom is 0.416 e. The predicted molar refractivity (Wildman–Crippen MR) is 82.4 cm³/mol. The van der Waals surface area contributed by atoms with E-state index in [9.17, 15) is 17.6 Å². The maximum absolute atomic E-state index is 13.6. The number of anilines is 2. The van der Waals surface area contributed by atoms with E-state index in [2.05, 4.69) is 10.6 Å². The summed E-state index contributed by atoms with van der Waals surface area (Å²) in [5.74, 6) is -0.818. The summed E-state index contributed by atoms with van der Waals surface area (Å²) >= 11 is 4.99. The fraction of sp³-hybridized carbons (Fsp3) is 0.133. The van der Waals surface area contributed by atoms with Crippen LogP contribution in [0, 0.1) is 12.7 Å². The number of benzene rings is 2. The number of rotatable bonds is 2. The SMILES string of the molecule is Cc1cccc(NC(=S)Nc2cc(C(F)(F)F)ccc2F)c1. The minimum absolute atomic E-state index is 0.00354. The van der Waals surface area contributed by atoms with E-state index in [1.54, 1.807) is 18.2 Å². The summed E-state index contributed by atoms with van der Waals surface area (Å²) in [7, 11) is 0. The molecule has 22 heavy (non-hydrogen) atoms. The lowest BCUT2D eigenvalue weighted by Gasteiger charge is -2.13. The van der Waals surface area contributed by atoms with Gasteiger partial charge in [-0.25, -0.2) is 4.39 Å². The van der Waals surface area contributed by atoms with Crippen LogP contribution in [0.15, 0.2) is 42.5 Å². The molecular formula is C15H12F4N2S. The first-order valence-corrected chi connectivity index (χ1v) is 6.68. The van der Waals surface area contributed by atoms with Crippen LogP contribution in [-0.2, 0) is 6.18 Å². The highest BCUT2D eigenvalue weighted by atomic mass is 32.1. The van der Waals surface area contributed by atoms with Crippen LogP contribution in [0.4, 0.5) is 28.9 Å². The van der Waals surface area contributed by atoms with Gasteiger partial charge in [-0.2, -0.15) is 13.2 Å². The second-order valence-corrected chi connectivity index (χ2v) is 5.05. The lowest BCUT2D eigenvalue weighted by molar-refractivity contribution is -0.137. The normalized spacial score (nSPS) is 11.1. The Bertz CT molecular complexity index is 698. The Morgan fingerprint density at radius 3 is 2.41 bits per heavy atom. The van der Waals surface area contributed by atoms with Gasteiger partial charge in [-0.05, 0) is 55.0 Å². The molecule has 0 saturated heterocycles. The highest BCUT2D eigenvalue weighted by Crippen LogP contribution is 2.31. The smallest absolute Gasteiger partial charge is 0.332 e. The van der Waals surface area contributed by atoms with Crippen molar-refractivity contribution in [3.05, 3.63) is 59.4 Å². The van der Waals surface area contributed by atoms with Gasteiger partial charge in [-0.3, -0.25) is 0 Å². The topological polar surface area (TPSA) is 24.1 Å². The van der Waals surface area contributed by atoms with Gasteiger partial charge in [0.15, 0.2) is 5.11 Å². The van der Waals surface area contributed by atoms with E-state index >= 15 is 0 Å². The van der Waals surface area contributed by atoms with Crippen molar-refractivity contribution in [2.75, 3.05) is 10.6 Å². The molecule has 2 aromatic rings. The lowest BCUT2D eigenvalue weighted by atomic mass is 10.2. The van der Waals surface area contributed by atoms with Crippen LogP contribution < -0.4 is 10.6 Å². The zero-order chi connectivity index (χ0) is 16.3. The van der Waals surface area contributed by atoms with Gasteiger partial charge >= 0.3 is 6.18 Å². The van der Waals surface area contributed by atoms with Gasteiger partial charge < -0.3 is 10.6 Å². The third kappa shape index (κ3) is 4.17. The van der Waals surface area contributed by atoms with E-state index in [-0.39, 0.29) is 10.8 Å². The molecule has 0 saturated carbocycles. The molecule has 2 N–H and O–H groups in total. The number of hydrogen-bond acceptors (Lipinski definition) is 1. The first-order valence-electron chi connectivity index (χ1n) is 6.27. The Morgan fingerprint density at radius 2 is 1.77 bits per heavy atom. The van der Waals surface area contributed by atoms with E-state index in [0.29, 0.717) is 17.8 Å². The van der Waals surface area contributed by atoms with E-state index in [1.165, 1.54) is 0 Å². The molecule has 116 valence electrons. The molecule has 0 bridgehead atoms. The van der Waals surface area contributed by atoms with Crippen LogP contribution in [0.2, 0.25) is 0 Å². The summed E-state index contributed by atoms with van der Waals surface area (Å²) in [6, 6.07) is 9.33. The summed E-state index contributed by atoms with van der Waals surface area (Å²) in [5, 5.41) is 5.23. The fourth-order valence-corrected chi connectivity index (χ4v) is 2.03. The second kappa shape index (κ2) is 6.31. The average Bonchev–Trinajstić information content (AvgIpc) is 2.40. The third-order valence-corrected chi connectivity index (χ3v) is 3.02. The van der Waals surface area contributed by atoms with E-state index < -0.39 is 17.6 Å². The molecule has 0 aliphatic heterocycles. The minimum atomic E-state index is -4.55. The molecule has 0 fully saturated rings. The molecule has 0 aliphatic rings. The van der Waals surface area contributed by atoms with Gasteiger partial charge in [0.05, 0.1) is 11.3 Å². The highest BCUT2D eigenvalue weighted by molar-refractivity contribution is 7.80. The number of alkyl halides is 3. The summed E-state index contributed by atoms with van der Waals surface area (Å²) in [6.45, 7) is 1.88. The first-order chi connectivity index (χ1) is 10.3. The monoisotopic (exact) mass is 328 g/mol. The molecule has 7 heteroatoms. The summed E-state index contributed by atoms with van der Waals surface area (Å²) in [5.41, 5.74) is 0.359. The fourth-order valence-electron chi connectivity index (χ4n) is 1.80. The van der Waals surface area contributed by atoms with Gasteiger partial charge in [0, 0.05) is 5.69 Å². The van der Waals surface area contributed by atoms with Crippen LogP contribution >= 0.6 is 12.2 Å². The van der Waals surface area contributed by atoms with Crippen LogP contribution in [0.1, 0.15) is 11.1 Å². The van der Waals surface area contributed by atoms with Crippen molar-refractivity contribution in [3.63, 3.8) is 0 Å². The third-order valence-electron chi connectivity index (χ3n) is 2.82. The lowest BCUT2D eigenvalue weighted by Crippen LogP contribution is -2.20. The molecule has 0 unspecified atom stereocenters. The Labute approximate surface area is 130 Å². The number of nitrogens with one attached hydrogen (secondary N) is 2. The number of thiocarbonyl (C=S) groups is 1. The molecule has 2 rings (SSSR count). The van der Waals surface area contributed by atoms with Gasteiger partial charge in [0.1, 0.15) is 5.82 Å². The Hall–Kier alpha value is -2.15. The molecule has 0 radical (unpaired) electrons. The van der Waals surface area contributed by atoms with Crippen molar-refractivity contribution in [2.24, 2.45) is 0 Å². The van der Waals surface area contributed by atoms with E-state index in [1.807, 2.05) is 13.0 Å². The van der Waals surface area contributed by atoms with Crippen LogP contribution in [0.3, 0.4) is 0 Å². The summed E-state index contributed by atoms with van der Waals surface area (Å²) in [4.78, 5) is 0. The average molecular weight is 328 g/mol. The summed E-state index contributed by atoms with van der Waals surface area (Å²) < 4.78 is 51.5. The van der Waals surface area contributed by atoms with Crippen molar-refractivity contribution in [3.8, 4) is 0 Å². The minimum Gasteiger partial charge on any atom is -0.332 e. The Kier molecular flexibility index (Phi) is 4.65. The molecule has 0 aromatic heterocycles. The Morgan fingerprint density at radius 1 is 1.05 bits per heavy atom. The molecular weight excluding hydrogens is 316 g/mol. The number of aryl methyl sites for hydroxylation is 1. The molecule has 2 aromatic carbocycles. The zero-order valence-electron chi connectivity index (χ0n) is 11.5. The largest absolute Gasteiger partial charge is 0.416 e. The number of hydrogen-bond donors (Lipinski definition) is 2. The van der Waals surface area contributed by atoms with Gasteiger partial charge in [-0.1, -0.05) is 12.1 Å². The van der Waals surface area contributed by atoms with Gasteiger partial charge in [-0.15, -0.1) is 0 Å². The van der Waals surface area contributed by atoms with Crippen LogP contribution in [-0.4, -0.2) is 5.11 Å². The zero-order valence-corrected chi connectivity index (χ0v) is 12.3. The predicted octanol–water partition coefficient (Wildman–Crippen LogP) is 4.96. The maximum atomic E-state index is 13.6. The molecule has 0 atom stereocenters. The first kappa shape index (κ1) is 16.2. The molecule has 0 amide bonds. The van der Waals surface area contributed by atoms with Gasteiger partial charge in [0.25, 0.3) is 0 Å². The Balaban J connectivity index is 2.14. The van der Waals surface area contributed by atoms with E-state index in [4.69, 9.17) is 12.2 Å². The van der Waals surface area contributed by atoms with Crippen molar-refractivity contribution in [2.45, 2.75) is 13.1 Å². The van der Waals surface area contributed by atoms with Crippen LogP contribution in [0.5, 0.6) is 0 Å². The second-order valence-electron chi connectivity index (χ2n) is 4.64. The summed E-state index contributed by atoms with van der Waals surface area (Å²) in [6.07, 6.45) is -4.55. The van der Waals surface area contributed by atoms with Gasteiger partial charge in [0.2, 0.25) is 0 Å². The van der Waals surface area contributed by atoms with Crippen molar-refractivity contribution in [1.29, 1.82) is 0 Å². The molecule has 0 spiro atoms.